The number of nitrogens with zero attached hydrogens (tertiary/aromatic N) is 3. The van der Waals surface area contributed by atoms with Crippen LogP contribution in [0, 0.1) is 13.8 Å². The van der Waals surface area contributed by atoms with Crippen LogP contribution >= 0.6 is 11.3 Å². The van der Waals surface area contributed by atoms with Crippen molar-refractivity contribution in [1.29, 1.82) is 0 Å². The number of rotatable bonds is 7. The molecule has 1 aromatic heterocycles. The van der Waals surface area contributed by atoms with Crippen molar-refractivity contribution in [3.05, 3.63) is 69.0 Å². The molecular weight excluding hydrogens is 392 g/mol. The van der Waals surface area contributed by atoms with Gasteiger partial charge in [-0.2, -0.15) is 0 Å². The molecule has 0 unspecified atom stereocenters. The first-order valence-corrected chi connectivity index (χ1v) is 10.9. The number of aryl methyl sites for hydroxylation is 2. The molecule has 0 bridgehead atoms. The van der Waals surface area contributed by atoms with Crippen molar-refractivity contribution < 1.29 is 4.79 Å². The predicted octanol–water partition coefficient (Wildman–Crippen LogP) is 4.99. The number of amides is 1. The molecule has 30 heavy (non-hydrogen) atoms. The van der Waals surface area contributed by atoms with E-state index in [-0.39, 0.29) is 5.91 Å². The van der Waals surface area contributed by atoms with Gasteiger partial charge >= 0.3 is 0 Å². The fraction of sp³-hybridized carbons (Fsp3) is 0.292. The maximum absolute atomic E-state index is 11.7. The molecule has 0 aliphatic carbocycles. The summed E-state index contributed by atoms with van der Waals surface area (Å²) in [4.78, 5) is 23.2. The van der Waals surface area contributed by atoms with E-state index in [2.05, 4.69) is 53.5 Å². The van der Waals surface area contributed by atoms with Gasteiger partial charge in [-0.1, -0.05) is 18.2 Å². The normalized spacial score (nSPS) is 11.1. The fourth-order valence-corrected chi connectivity index (χ4v) is 3.88. The van der Waals surface area contributed by atoms with Crippen LogP contribution in [-0.4, -0.2) is 42.8 Å². The van der Waals surface area contributed by atoms with Crippen LogP contribution in [0.2, 0.25) is 0 Å². The van der Waals surface area contributed by atoms with Crippen LogP contribution in [0.25, 0.3) is 11.3 Å². The Balaban J connectivity index is 1.76. The summed E-state index contributed by atoms with van der Waals surface area (Å²) in [5, 5.41) is 5.79. The fourth-order valence-electron chi connectivity index (χ4n) is 3.06. The first kappa shape index (κ1) is 21.7. The minimum absolute atomic E-state index is 0.0829. The molecule has 0 aliphatic rings. The third-order valence-electron chi connectivity index (χ3n) is 5.11. The first-order valence-electron chi connectivity index (χ1n) is 10.0. The van der Waals surface area contributed by atoms with Crippen molar-refractivity contribution >= 4 is 29.3 Å². The lowest BCUT2D eigenvalue weighted by molar-refractivity contribution is 0.0963. The number of carbonyl (C=O) groups excluding carboxylic acids is 1. The van der Waals surface area contributed by atoms with Crippen LogP contribution in [0.5, 0.6) is 0 Å². The molecule has 6 heteroatoms. The summed E-state index contributed by atoms with van der Waals surface area (Å²) in [7, 11) is 3.65. The van der Waals surface area contributed by atoms with Gasteiger partial charge in [0.1, 0.15) is 0 Å². The Morgan fingerprint density at radius 3 is 2.60 bits per heavy atom. The molecule has 0 atom stereocenters. The third kappa shape index (κ3) is 5.13. The number of aliphatic imine (C=N–C) groups is 1. The number of hydrogen-bond donors (Lipinski definition) is 1. The van der Waals surface area contributed by atoms with Gasteiger partial charge in [-0.25, -0.2) is 9.98 Å². The van der Waals surface area contributed by atoms with Crippen molar-refractivity contribution in [3.8, 4) is 11.3 Å². The summed E-state index contributed by atoms with van der Waals surface area (Å²) in [6.07, 6.45) is 2.68. The van der Waals surface area contributed by atoms with Gasteiger partial charge in [-0.3, -0.25) is 4.79 Å². The van der Waals surface area contributed by atoms with Crippen LogP contribution in [0.1, 0.15) is 39.0 Å². The number of carbonyl (C=O) groups is 1. The molecule has 0 saturated heterocycles. The van der Waals surface area contributed by atoms with E-state index in [9.17, 15) is 4.79 Å². The van der Waals surface area contributed by atoms with E-state index in [1.807, 2.05) is 37.7 Å². The maximum Gasteiger partial charge on any atom is 0.251 e. The number of hydrogen-bond acceptors (Lipinski definition) is 4. The monoisotopic (exact) mass is 420 g/mol. The Morgan fingerprint density at radius 2 is 1.93 bits per heavy atom. The SMILES string of the molecule is CCN(C)C=Nc1cc(C)c(Cc2nc(-c3ccc(C(=O)NC)cc3)cs2)cc1C. The zero-order chi connectivity index (χ0) is 21.7. The van der Waals surface area contributed by atoms with Gasteiger partial charge in [0.25, 0.3) is 5.91 Å². The second-order valence-corrected chi connectivity index (χ2v) is 8.29. The predicted molar refractivity (Wildman–Crippen MR) is 126 cm³/mol. The zero-order valence-electron chi connectivity index (χ0n) is 18.2. The van der Waals surface area contributed by atoms with Crippen molar-refractivity contribution in [1.82, 2.24) is 15.2 Å². The van der Waals surface area contributed by atoms with Gasteiger partial charge in [0.2, 0.25) is 0 Å². The van der Waals surface area contributed by atoms with Crippen LogP contribution < -0.4 is 5.32 Å². The highest BCUT2D eigenvalue weighted by atomic mass is 32.1. The largest absolute Gasteiger partial charge is 0.366 e. The van der Waals surface area contributed by atoms with Crippen molar-refractivity contribution in [2.75, 3.05) is 20.6 Å². The van der Waals surface area contributed by atoms with E-state index >= 15 is 0 Å². The molecule has 3 rings (SSSR count). The van der Waals surface area contributed by atoms with Crippen LogP contribution in [0.3, 0.4) is 0 Å². The van der Waals surface area contributed by atoms with Crippen molar-refractivity contribution in [2.24, 2.45) is 4.99 Å². The van der Waals surface area contributed by atoms with Gasteiger partial charge in [0, 0.05) is 43.6 Å². The highest BCUT2D eigenvalue weighted by molar-refractivity contribution is 7.10. The first-order chi connectivity index (χ1) is 14.4. The van der Waals surface area contributed by atoms with Gasteiger partial charge in [0.05, 0.1) is 22.7 Å². The number of nitrogens with one attached hydrogen (secondary N) is 1. The lowest BCUT2D eigenvalue weighted by Crippen LogP contribution is -2.17. The lowest BCUT2D eigenvalue weighted by Gasteiger charge is -2.11. The molecule has 1 N–H and O–H groups in total. The summed E-state index contributed by atoms with van der Waals surface area (Å²) < 4.78 is 0. The van der Waals surface area contributed by atoms with Crippen LogP contribution in [-0.2, 0) is 6.42 Å². The minimum Gasteiger partial charge on any atom is -0.366 e. The van der Waals surface area contributed by atoms with Gasteiger partial charge in [-0.05, 0) is 55.7 Å². The second-order valence-electron chi connectivity index (χ2n) is 7.34. The maximum atomic E-state index is 11.7. The van der Waals surface area contributed by atoms with Crippen molar-refractivity contribution in [3.63, 3.8) is 0 Å². The highest BCUT2D eigenvalue weighted by Gasteiger charge is 2.10. The second kappa shape index (κ2) is 9.67. The number of aromatic nitrogens is 1. The highest BCUT2D eigenvalue weighted by Crippen LogP contribution is 2.28. The van der Waals surface area contributed by atoms with E-state index in [0.29, 0.717) is 5.56 Å². The van der Waals surface area contributed by atoms with Gasteiger partial charge in [0.15, 0.2) is 0 Å². The topological polar surface area (TPSA) is 57.6 Å². The summed E-state index contributed by atoms with van der Waals surface area (Å²) in [5.41, 5.74) is 7.27. The minimum atomic E-state index is -0.0829. The average Bonchev–Trinajstić information content (AvgIpc) is 3.22. The Bertz CT molecular complexity index is 1050. The standard InChI is InChI=1S/C24H28N4OS/c1-6-28(5)15-26-21-12-16(2)20(11-17(21)3)13-23-27-22(14-30-23)18-7-9-19(10-8-18)24(29)25-4/h7-12,14-15H,6,13H2,1-5H3,(H,25,29). The average molecular weight is 421 g/mol. The Labute approximate surface area is 182 Å². The van der Waals surface area contributed by atoms with E-state index in [0.717, 1.165) is 40.5 Å². The summed E-state index contributed by atoms with van der Waals surface area (Å²) >= 11 is 1.66. The molecule has 3 aromatic rings. The molecule has 1 heterocycles. The molecule has 5 nitrogen and oxygen atoms in total. The smallest absolute Gasteiger partial charge is 0.251 e. The molecule has 0 aliphatic heterocycles. The number of thiazole rings is 1. The molecule has 156 valence electrons. The van der Waals surface area contributed by atoms with Crippen LogP contribution in [0.4, 0.5) is 5.69 Å². The molecule has 0 fully saturated rings. The van der Waals surface area contributed by atoms with E-state index in [1.54, 1.807) is 18.4 Å². The molecule has 0 saturated carbocycles. The van der Waals surface area contributed by atoms with Gasteiger partial charge < -0.3 is 10.2 Å². The zero-order valence-corrected chi connectivity index (χ0v) is 19.0. The summed E-state index contributed by atoms with van der Waals surface area (Å²) in [6, 6.07) is 11.9. The molecular formula is C24H28N4OS. The Hall–Kier alpha value is -2.99. The molecule has 2 aromatic carbocycles. The Morgan fingerprint density at radius 1 is 1.20 bits per heavy atom. The lowest BCUT2D eigenvalue weighted by atomic mass is 10.0. The molecule has 0 spiro atoms. The number of benzene rings is 2. The quantitative estimate of drug-likeness (QED) is 0.433. The molecule has 0 radical (unpaired) electrons. The van der Waals surface area contributed by atoms with Crippen molar-refractivity contribution in [2.45, 2.75) is 27.2 Å². The van der Waals surface area contributed by atoms with E-state index in [1.165, 1.54) is 11.1 Å². The Kier molecular flexibility index (Phi) is 7.00. The van der Waals surface area contributed by atoms with Crippen LogP contribution in [0.15, 0.2) is 46.8 Å². The van der Waals surface area contributed by atoms with Gasteiger partial charge in [-0.15, -0.1) is 11.3 Å². The van der Waals surface area contributed by atoms with E-state index < -0.39 is 0 Å². The summed E-state index contributed by atoms with van der Waals surface area (Å²) in [5.74, 6) is -0.0829. The third-order valence-corrected chi connectivity index (χ3v) is 5.96. The molecule has 1 amide bonds. The van der Waals surface area contributed by atoms with E-state index in [4.69, 9.17) is 4.98 Å². The summed E-state index contributed by atoms with van der Waals surface area (Å²) in [6.45, 7) is 7.26.